The number of rotatable bonds is 4. The Labute approximate surface area is 156 Å². The summed E-state index contributed by atoms with van der Waals surface area (Å²) in [7, 11) is 0. The van der Waals surface area contributed by atoms with Gasteiger partial charge in [0.1, 0.15) is 12.3 Å². The van der Waals surface area contributed by atoms with E-state index in [2.05, 4.69) is 4.74 Å². The molecule has 142 valence electrons. The van der Waals surface area contributed by atoms with Crippen LogP contribution in [0.5, 0.6) is 5.75 Å². The van der Waals surface area contributed by atoms with Crippen LogP contribution in [0.2, 0.25) is 0 Å². The van der Waals surface area contributed by atoms with E-state index in [1.807, 2.05) is 38.1 Å². The third kappa shape index (κ3) is 4.24. The van der Waals surface area contributed by atoms with Crippen molar-refractivity contribution in [1.29, 1.82) is 0 Å². The number of hydrogen-bond acceptors (Lipinski definition) is 3. The molecule has 1 aliphatic rings. The molecule has 27 heavy (non-hydrogen) atoms. The first-order valence-corrected chi connectivity index (χ1v) is 8.58. The Morgan fingerprint density at radius 2 is 1.89 bits per heavy atom. The van der Waals surface area contributed by atoms with Crippen LogP contribution in [0, 0.1) is 6.92 Å². The van der Waals surface area contributed by atoms with Crippen LogP contribution in [0.15, 0.2) is 48.5 Å². The molecule has 7 heteroatoms. The number of anilines is 1. The van der Waals surface area contributed by atoms with Crippen molar-refractivity contribution in [3.63, 3.8) is 0 Å². The lowest BCUT2D eigenvalue weighted by atomic mass is 10.1. The molecule has 1 unspecified atom stereocenters. The minimum absolute atomic E-state index is 0.0756. The summed E-state index contributed by atoms with van der Waals surface area (Å²) in [6, 6.07) is 13.0. The van der Waals surface area contributed by atoms with E-state index in [0.29, 0.717) is 6.54 Å². The molecule has 5 nitrogen and oxygen atoms in total. The zero-order valence-corrected chi connectivity index (χ0v) is 15.1. The highest BCUT2D eigenvalue weighted by atomic mass is 19.3. The first-order chi connectivity index (χ1) is 12.8. The molecule has 0 N–H and O–H groups in total. The molecule has 0 bridgehead atoms. The fourth-order valence-corrected chi connectivity index (χ4v) is 3.07. The smallest absolute Gasteiger partial charge is 0.387 e. The fraction of sp³-hybridized carbons (Fsp3) is 0.300. The summed E-state index contributed by atoms with van der Waals surface area (Å²) in [4.78, 5) is 28.5. The number of aryl methyl sites for hydroxylation is 1. The summed E-state index contributed by atoms with van der Waals surface area (Å²) in [6.07, 6.45) is 0. The van der Waals surface area contributed by atoms with Gasteiger partial charge in [-0.1, -0.05) is 23.8 Å². The molecule has 1 atom stereocenters. The lowest BCUT2D eigenvalue weighted by Crippen LogP contribution is -2.57. The topological polar surface area (TPSA) is 49.9 Å². The predicted octanol–water partition coefficient (Wildman–Crippen LogP) is 3.47. The molecular formula is C20H20F2N2O3. The minimum Gasteiger partial charge on any atom is -0.435 e. The largest absolute Gasteiger partial charge is 0.435 e. The molecule has 1 aliphatic heterocycles. The van der Waals surface area contributed by atoms with Gasteiger partial charge in [0.2, 0.25) is 5.91 Å². The summed E-state index contributed by atoms with van der Waals surface area (Å²) < 4.78 is 29.1. The van der Waals surface area contributed by atoms with E-state index >= 15 is 0 Å². The Hall–Kier alpha value is -2.96. The van der Waals surface area contributed by atoms with E-state index in [4.69, 9.17) is 0 Å². The van der Waals surface area contributed by atoms with Gasteiger partial charge in [0.05, 0.1) is 0 Å². The Morgan fingerprint density at radius 3 is 2.56 bits per heavy atom. The van der Waals surface area contributed by atoms with Crippen LogP contribution >= 0.6 is 0 Å². The zero-order chi connectivity index (χ0) is 19.6. The molecule has 0 saturated carbocycles. The SMILES string of the molecule is Cc1ccc(N2CC(C)N(C(=O)c3cccc(OC(F)F)c3)CC2=O)cc1. The van der Waals surface area contributed by atoms with Gasteiger partial charge in [-0.15, -0.1) is 0 Å². The van der Waals surface area contributed by atoms with Crippen LogP contribution in [0.3, 0.4) is 0 Å². The number of amides is 2. The maximum atomic E-state index is 12.8. The van der Waals surface area contributed by atoms with Gasteiger partial charge in [-0.05, 0) is 44.2 Å². The van der Waals surface area contributed by atoms with Gasteiger partial charge >= 0.3 is 6.61 Å². The highest BCUT2D eigenvalue weighted by Crippen LogP contribution is 2.23. The first-order valence-electron chi connectivity index (χ1n) is 8.58. The Morgan fingerprint density at radius 1 is 1.19 bits per heavy atom. The third-order valence-corrected chi connectivity index (χ3v) is 4.50. The molecule has 2 aromatic carbocycles. The van der Waals surface area contributed by atoms with Crippen molar-refractivity contribution in [2.45, 2.75) is 26.5 Å². The first kappa shape index (κ1) is 18.8. The summed E-state index contributed by atoms with van der Waals surface area (Å²) in [6.45, 7) is 1.14. The number of benzene rings is 2. The normalized spacial score (nSPS) is 17.4. The van der Waals surface area contributed by atoms with Crippen LogP contribution < -0.4 is 9.64 Å². The zero-order valence-electron chi connectivity index (χ0n) is 15.1. The number of piperazine rings is 1. The van der Waals surface area contributed by atoms with E-state index in [-0.39, 0.29) is 35.7 Å². The molecule has 0 spiro atoms. The second-order valence-corrected chi connectivity index (χ2v) is 6.53. The van der Waals surface area contributed by atoms with Crippen molar-refractivity contribution in [3.05, 3.63) is 59.7 Å². The Balaban J connectivity index is 1.76. The summed E-state index contributed by atoms with van der Waals surface area (Å²) in [5, 5.41) is 0. The number of nitrogens with zero attached hydrogens (tertiary/aromatic N) is 2. The molecule has 2 amide bonds. The molecule has 1 saturated heterocycles. The maximum absolute atomic E-state index is 12.8. The van der Waals surface area contributed by atoms with Crippen molar-refractivity contribution >= 4 is 17.5 Å². The maximum Gasteiger partial charge on any atom is 0.387 e. The molecular weight excluding hydrogens is 354 g/mol. The lowest BCUT2D eigenvalue weighted by Gasteiger charge is -2.39. The highest BCUT2D eigenvalue weighted by molar-refractivity contribution is 6.02. The molecule has 0 radical (unpaired) electrons. The van der Waals surface area contributed by atoms with Crippen LogP contribution in [0.4, 0.5) is 14.5 Å². The molecule has 2 aromatic rings. The minimum atomic E-state index is -2.96. The Kier molecular flexibility index (Phi) is 5.39. The van der Waals surface area contributed by atoms with E-state index < -0.39 is 6.61 Å². The summed E-state index contributed by atoms with van der Waals surface area (Å²) in [5.41, 5.74) is 2.09. The van der Waals surface area contributed by atoms with E-state index in [0.717, 1.165) is 11.3 Å². The van der Waals surface area contributed by atoms with Crippen LogP contribution in [0.25, 0.3) is 0 Å². The number of carbonyl (C=O) groups excluding carboxylic acids is 2. The van der Waals surface area contributed by atoms with E-state index in [1.54, 1.807) is 4.90 Å². The number of hydrogen-bond donors (Lipinski definition) is 0. The molecule has 1 fully saturated rings. The standard InChI is InChI=1S/C20H20F2N2O3/c1-13-6-8-16(9-7-13)24-11-14(2)23(12-18(24)25)19(26)15-4-3-5-17(10-15)27-20(21)22/h3-10,14,20H,11-12H2,1-2H3. The third-order valence-electron chi connectivity index (χ3n) is 4.50. The number of ether oxygens (including phenoxy) is 1. The van der Waals surface area contributed by atoms with Crippen LogP contribution in [-0.4, -0.2) is 42.5 Å². The van der Waals surface area contributed by atoms with Crippen LogP contribution in [0.1, 0.15) is 22.8 Å². The van der Waals surface area contributed by atoms with Gasteiger partial charge in [-0.2, -0.15) is 8.78 Å². The average Bonchev–Trinajstić information content (AvgIpc) is 2.63. The summed E-state index contributed by atoms with van der Waals surface area (Å²) in [5.74, 6) is -0.669. The fourth-order valence-electron chi connectivity index (χ4n) is 3.07. The van der Waals surface area contributed by atoms with Crippen LogP contribution in [-0.2, 0) is 4.79 Å². The lowest BCUT2D eigenvalue weighted by molar-refractivity contribution is -0.121. The van der Waals surface area contributed by atoms with E-state index in [1.165, 1.54) is 29.2 Å². The molecule has 3 rings (SSSR count). The summed E-state index contributed by atoms with van der Waals surface area (Å²) >= 11 is 0. The number of carbonyl (C=O) groups is 2. The van der Waals surface area contributed by atoms with Crippen molar-refractivity contribution in [2.24, 2.45) is 0 Å². The van der Waals surface area contributed by atoms with Gasteiger partial charge in [0.25, 0.3) is 5.91 Å². The second-order valence-electron chi connectivity index (χ2n) is 6.53. The van der Waals surface area contributed by atoms with Crippen molar-refractivity contribution in [3.8, 4) is 5.75 Å². The van der Waals surface area contributed by atoms with Gasteiger partial charge in [-0.3, -0.25) is 9.59 Å². The number of alkyl halides is 2. The van der Waals surface area contributed by atoms with Gasteiger partial charge in [-0.25, -0.2) is 0 Å². The van der Waals surface area contributed by atoms with Crippen molar-refractivity contribution in [2.75, 3.05) is 18.0 Å². The molecule has 0 aromatic heterocycles. The Bertz CT molecular complexity index is 839. The quantitative estimate of drug-likeness (QED) is 0.823. The predicted molar refractivity (Wildman–Crippen MR) is 97.1 cm³/mol. The molecule has 1 heterocycles. The van der Waals surface area contributed by atoms with Gasteiger partial charge < -0.3 is 14.5 Å². The average molecular weight is 374 g/mol. The van der Waals surface area contributed by atoms with Gasteiger partial charge in [0.15, 0.2) is 0 Å². The monoisotopic (exact) mass is 374 g/mol. The van der Waals surface area contributed by atoms with E-state index in [9.17, 15) is 18.4 Å². The second kappa shape index (κ2) is 7.73. The highest BCUT2D eigenvalue weighted by Gasteiger charge is 2.33. The van der Waals surface area contributed by atoms with Gasteiger partial charge in [0, 0.05) is 23.8 Å². The molecule has 0 aliphatic carbocycles. The van der Waals surface area contributed by atoms with Crippen molar-refractivity contribution in [1.82, 2.24) is 4.90 Å². The van der Waals surface area contributed by atoms with Crippen molar-refractivity contribution < 1.29 is 23.1 Å². The number of halogens is 2.